The molecular weight excluding hydrogens is 228 g/mol. The van der Waals surface area contributed by atoms with E-state index < -0.39 is 26.2 Å². The van der Waals surface area contributed by atoms with Crippen LogP contribution in [-0.2, 0) is 14.6 Å². The quantitative estimate of drug-likeness (QED) is 0.712. The van der Waals surface area contributed by atoms with Crippen LogP contribution in [0.2, 0.25) is 0 Å². The summed E-state index contributed by atoms with van der Waals surface area (Å²) in [7, 11) is -3.44. The van der Waals surface area contributed by atoms with Crippen molar-refractivity contribution in [1.29, 1.82) is 0 Å². The van der Waals surface area contributed by atoms with Crippen molar-refractivity contribution in [3.63, 3.8) is 0 Å². The third-order valence-electron chi connectivity index (χ3n) is 3.46. The van der Waals surface area contributed by atoms with E-state index in [0.717, 1.165) is 25.9 Å². The first-order chi connectivity index (χ1) is 7.37. The fraction of sp³-hybridized carbons (Fsp3) is 0.900. The Hall–Kier alpha value is -0.620. The Morgan fingerprint density at radius 2 is 1.81 bits per heavy atom. The summed E-state index contributed by atoms with van der Waals surface area (Å²) in [4.78, 5) is 11.0. The molecule has 2 atom stereocenters. The first kappa shape index (κ1) is 13.4. The molecule has 6 heteroatoms. The number of hydrogen-bond acceptors (Lipinski definition) is 4. The number of nitrogens with two attached hydrogens (primary N) is 1. The number of hydrogen-bond donors (Lipinski definition) is 2. The molecule has 2 unspecified atom stereocenters. The van der Waals surface area contributed by atoms with E-state index in [0.29, 0.717) is 0 Å². The van der Waals surface area contributed by atoms with E-state index in [1.54, 1.807) is 6.92 Å². The van der Waals surface area contributed by atoms with Crippen LogP contribution in [0.3, 0.4) is 0 Å². The summed E-state index contributed by atoms with van der Waals surface area (Å²) >= 11 is 0. The van der Waals surface area contributed by atoms with Gasteiger partial charge < -0.3 is 11.1 Å². The maximum Gasteiger partial charge on any atom is 0.235 e. The van der Waals surface area contributed by atoms with Crippen LogP contribution in [-0.4, -0.2) is 37.9 Å². The fourth-order valence-corrected chi connectivity index (χ4v) is 3.84. The number of carbonyl (C=O) groups is 1. The third kappa shape index (κ3) is 2.74. The molecular formula is C10H20N2O3S. The van der Waals surface area contributed by atoms with Crippen molar-refractivity contribution in [2.45, 2.75) is 37.2 Å². The van der Waals surface area contributed by atoms with Crippen LogP contribution < -0.4 is 11.1 Å². The van der Waals surface area contributed by atoms with Crippen LogP contribution in [0.1, 0.15) is 26.7 Å². The van der Waals surface area contributed by atoms with Gasteiger partial charge in [0, 0.05) is 0 Å². The fourth-order valence-electron chi connectivity index (χ4n) is 2.07. The van der Waals surface area contributed by atoms with Gasteiger partial charge in [-0.3, -0.25) is 4.79 Å². The smallest absolute Gasteiger partial charge is 0.235 e. The molecule has 3 N–H and O–H groups in total. The standard InChI is InChI=1S/C10H20N2O3S/c1-7(9-3-5-12-6-4-9)16(14,15)8(2)10(11)13/h7-9,12H,3-6H2,1-2H3,(H2,11,13). The van der Waals surface area contributed by atoms with Crippen LogP contribution in [0.25, 0.3) is 0 Å². The number of rotatable bonds is 4. The van der Waals surface area contributed by atoms with Crippen LogP contribution in [0, 0.1) is 5.92 Å². The van der Waals surface area contributed by atoms with Crippen LogP contribution in [0.4, 0.5) is 0 Å². The Kier molecular flexibility index (Phi) is 4.32. The molecule has 1 amide bonds. The lowest BCUT2D eigenvalue weighted by Crippen LogP contribution is -2.43. The average molecular weight is 248 g/mol. The molecule has 0 aromatic carbocycles. The van der Waals surface area contributed by atoms with E-state index in [1.807, 2.05) is 0 Å². The molecule has 94 valence electrons. The highest BCUT2D eigenvalue weighted by Crippen LogP contribution is 2.24. The molecule has 1 saturated heterocycles. The lowest BCUT2D eigenvalue weighted by Gasteiger charge is -2.29. The summed E-state index contributed by atoms with van der Waals surface area (Å²) in [5.41, 5.74) is 5.06. The molecule has 0 aromatic rings. The van der Waals surface area contributed by atoms with Crippen molar-refractivity contribution in [2.24, 2.45) is 11.7 Å². The Balaban J connectivity index is 2.78. The van der Waals surface area contributed by atoms with Crippen LogP contribution >= 0.6 is 0 Å². The first-order valence-electron chi connectivity index (χ1n) is 5.60. The van der Waals surface area contributed by atoms with Gasteiger partial charge in [-0.05, 0) is 45.7 Å². The van der Waals surface area contributed by atoms with E-state index in [2.05, 4.69) is 5.32 Å². The van der Waals surface area contributed by atoms with Crippen LogP contribution in [0.15, 0.2) is 0 Å². The SMILES string of the molecule is CC(C(N)=O)S(=O)(=O)C(C)C1CCNCC1. The molecule has 1 rings (SSSR count). The maximum atomic E-state index is 12.0. The summed E-state index contributed by atoms with van der Waals surface area (Å²) in [6.45, 7) is 4.74. The number of nitrogens with one attached hydrogen (secondary N) is 1. The van der Waals surface area contributed by atoms with Gasteiger partial charge in [-0.2, -0.15) is 0 Å². The van der Waals surface area contributed by atoms with Crippen molar-refractivity contribution >= 4 is 15.7 Å². The zero-order valence-corrected chi connectivity index (χ0v) is 10.6. The molecule has 0 spiro atoms. The Bertz CT molecular complexity index is 347. The molecule has 1 aliphatic heterocycles. The second-order valence-corrected chi connectivity index (χ2v) is 7.05. The van der Waals surface area contributed by atoms with Crippen molar-refractivity contribution in [1.82, 2.24) is 5.32 Å². The highest BCUT2D eigenvalue weighted by molar-refractivity contribution is 7.93. The van der Waals surface area contributed by atoms with E-state index in [9.17, 15) is 13.2 Å². The molecule has 1 aliphatic rings. The largest absolute Gasteiger partial charge is 0.369 e. The summed E-state index contributed by atoms with van der Waals surface area (Å²) in [6.07, 6.45) is 1.68. The lowest BCUT2D eigenvalue weighted by atomic mass is 9.95. The monoisotopic (exact) mass is 248 g/mol. The van der Waals surface area contributed by atoms with Gasteiger partial charge in [0.15, 0.2) is 9.84 Å². The van der Waals surface area contributed by atoms with Gasteiger partial charge in [-0.25, -0.2) is 8.42 Å². The molecule has 1 heterocycles. The highest BCUT2D eigenvalue weighted by atomic mass is 32.2. The van der Waals surface area contributed by atoms with Crippen molar-refractivity contribution in [3.8, 4) is 0 Å². The molecule has 0 saturated carbocycles. The molecule has 0 aliphatic carbocycles. The zero-order valence-electron chi connectivity index (χ0n) is 9.77. The Morgan fingerprint density at radius 3 is 2.25 bits per heavy atom. The molecule has 1 fully saturated rings. The number of sulfone groups is 1. The van der Waals surface area contributed by atoms with E-state index >= 15 is 0 Å². The highest BCUT2D eigenvalue weighted by Gasteiger charge is 2.36. The lowest BCUT2D eigenvalue weighted by molar-refractivity contribution is -0.117. The molecule has 0 aromatic heterocycles. The first-order valence-corrected chi connectivity index (χ1v) is 7.21. The van der Waals surface area contributed by atoms with E-state index in [-0.39, 0.29) is 5.92 Å². The minimum atomic E-state index is -3.44. The van der Waals surface area contributed by atoms with Gasteiger partial charge in [0.05, 0.1) is 5.25 Å². The number of piperidine rings is 1. The average Bonchev–Trinajstić information content (AvgIpc) is 2.28. The predicted molar refractivity (Wildman–Crippen MR) is 62.6 cm³/mol. The Labute approximate surface area is 96.7 Å². The van der Waals surface area contributed by atoms with Crippen molar-refractivity contribution in [3.05, 3.63) is 0 Å². The van der Waals surface area contributed by atoms with Gasteiger partial charge in [-0.1, -0.05) is 0 Å². The second-order valence-electron chi connectivity index (χ2n) is 4.43. The summed E-state index contributed by atoms with van der Waals surface area (Å²) in [5, 5.41) is 1.61. The number of amides is 1. The third-order valence-corrected chi connectivity index (χ3v) is 6.10. The summed E-state index contributed by atoms with van der Waals surface area (Å²) in [5.74, 6) is -0.631. The zero-order chi connectivity index (χ0) is 12.3. The molecule has 16 heavy (non-hydrogen) atoms. The van der Waals surface area contributed by atoms with E-state index in [4.69, 9.17) is 5.73 Å². The minimum absolute atomic E-state index is 0.132. The molecule has 0 radical (unpaired) electrons. The summed E-state index contributed by atoms with van der Waals surface area (Å²) in [6, 6.07) is 0. The summed E-state index contributed by atoms with van der Waals surface area (Å²) < 4.78 is 24.1. The Morgan fingerprint density at radius 1 is 1.31 bits per heavy atom. The topological polar surface area (TPSA) is 89.3 Å². The van der Waals surface area contributed by atoms with Crippen molar-refractivity contribution < 1.29 is 13.2 Å². The van der Waals surface area contributed by atoms with E-state index in [1.165, 1.54) is 6.92 Å². The number of carbonyl (C=O) groups excluding carboxylic acids is 1. The van der Waals surface area contributed by atoms with Gasteiger partial charge in [0.2, 0.25) is 5.91 Å². The van der Waals surface area contributed by atoms with Crippen molar-refractivity contribution in [2.75, 3.05) is 13.1 Å². The van der Waals surface area contributed by atoms with Gasteiger partial charge >= 0.3 is 0 Å². The van der Waals surface area contributed by atoms with Crippen LogP contribution in [0.5, 0.6) is 0 Å². The second kappa shape index (κ2) is 5.14. The van der Waals surface area contributed by atoms with Gasteiger partial charge in [-0.15, -0.1) is 0 Å². The number of primary amides is 1. The van der Waals surface area contributed by atoms with Gasteiger partial charge in [0.1, 0.15) is 5.25 Å². The van der Waals surface area contributed by atoms with Gasteiger partial charge in [0.25, 0.3) is 0 Å². The molecule has 0 bridgehead atoms. The predicted octanol–water partition coefficient (Wildman–Crippen LogP) is -0.337. The normalized spacial score (nSPS) is 22.6. The minimum Gasteiger partial charge on any atom is -0.369 e. The molecule has 5 nitrogen and oxygen atoms in total. The maximum absolute atomic E-state index is 12.0.